The van der Waals surface area contributed by atoms with E-state index in [4.69, 9.17) is 46.9 Å². The van der Waals surface area contributed by atoms with Gasteiger partial charge in [-0.2, -0.15) is 0 Å². The van der Waals surface area contributed by atoms with Gasteiger partial charge in [-0.3, -0.25) is 14.3 Å². The van der Waals surface area contributed by atoms with E-state index in [0.717, 1.165) is 25.7 Å². The first kappa shape index (κ1) is 27.9. The van der Waals surface area contributed by atoms with Gasteiger partial charge in [0, 0.05) is 36.1 Å². The summed E-state index contributed by atoms with van der Waals surface area (Å²) in [4.78, 5) is 26.1. The maximum atomic E-state index is 13.1. The van der Waals surface area contributed by atoms with Crippen molar-refractivity contribution in [3.63, 3.8) is 0 Å². The largest absolute Gasteiger partial charge is 0.459 e. The highest BCUT2D eigenvalue weighted by molar-refractivity contribution is 6.31. The van der Waals surface area contributed by atoms with Crippen molar-refractivity contribution >= 4 is 34.8 Å². The molecule has 7 nitrogen and oxygen atoms in total. The minimum Gasteiger partial charge on any atom is -0.459 e. The number of carbonyl (C=O) groups is 2. The Labute approximate surface area is 227 Å². The molecule has 9 heteroatoms. The topological polar surface area (TPSA) is 80.3 Å². The van der Waals surface area contributed by atoms with Crippen LogP contribution >= 0.6 is 23.2 Å². The van der Waals surface area contributed by atoms with Crippen LogP contribution in [0.25, 0.3) is 0 Å². The molecule has 0 amide bonds. The molecule has 2 bridgehead atoms. The lowest BCUT2D eigenvalue weighted by molar-refractivity contribution is -0.227. The predicted molar refractivity (Wildman–Crippen MR) is 140 cm³/mol. The Morgan fingerprint density at radius 1 is 0.730 bits per heavy atom. The molecule has 2 aromatic rings. The smallest absolute Gasteiger partial charge is 0.234 e. The number of ketones is 2. The van der Waals surface area contributed by atoms with Crippen molar-refractivity contribution in [3.05, 3.63) is 56.6 Å². The fourth-order valence-electron chi connectivity index (χ4n) is 4.21. The number of unbranched alkanes of at least 4 members (excludes halogenated alkanes) is 2. The summed E-state index contributed by atoms with van der Waals surface area (Å²) in [6.45, 7) is 6.02. The molecule has 0 aliphatic carbocycles. The Morgan fingerprint density at radius 3 is 1.57 bits per heavy atom. The minimum absolute atomic E-state index is 0.152. The lowest BCUT2D eigenvalue weighted by atomic mass is 9.98. The van der Waals surface area contributed by atoms with E-state index >= 15 is 0 Å². The van der Waals surface area contributed by atoms with Gasteiger partial charge in [0.2, 0.25) is 12.6 Å². The lowest BCUT2D eigenvalue weighted by Crippen LogP contribution is -2.32. The van der Waals surface area contributed by atoms with Gasteiger partial charge in [-0.1, -0.05) is 49.9 Å². The van der Waals surface area contributed by atoms with Gasteiger partial charge in [0.25, 0.3) is 0 Å². The van der Waals surface area contributed by atoms with Crippen LogP contribution in [0, 0.1) is 0 Å². The fraction of sp³-hybridized carbons (Fsp3) is 0.500. The number of carbonyl (C=O) groups excluding carboxylic acids is 2. The van der Waals surface area contributed by atoms with E-state index in [9.17, 15) is 9.59 Å². The number of halogens is 2. The number of hydrogen-bond acceptors (Lipinski definition) is 7. The number of Topliss-reactive ketones (excluding diaryl/α,β-unsaturated/α-hetero) is 2. The van der Waals surface area contributed by atoms with Crippen LogP contribution in [0.1, 0.15) is 96.8 Å². The van der Waals surface area contributed by atoms with Crippen molar-refractivity contribution in [2.24, 2.45) is 0 Å². The molecule has 2 heterocycles. The molecular formula is C28H32Cl2O7. The summed E-state index contributed by atoms with van der Waals surface area (Å²) in [5.41, 5.74) is 1.66. The highest BCUT2D eigenvalue weighted by atomic mass is 35.5. The Hall–Kier alpha value is -2.16. The van der Waals surface area contributed by atoms with Gasteiger partial charge >= 0.3 is 0 Å². The SMILES string of the molecule is CCCCOCCC(=O)c1cc(Cl)cc2c1OC1OC2Oc2c(C(=O)CCOCCCC)cc(Cl)cc21. The van der Waals surface area contributed by atoms with Crippen molar-refractivity contribution in [2.45, 2.75) is 65.0 Å². The first-order valence-corrected chi connectivity index (χ1v) is 13.6. The molecule has 0 aromatic heterocycles. The van der Waals surface area contributed by atoms with E-state index in [1.165, 1.54) is 0 Å². The van der Waals surface area contributed by atoms with Crippen molar-refractivity contribution < 1.29 is 33.3 Å². The second-order valence-corrected chi connectivity index (χ2v) is 9.93. The molecule has 2 aliphatic heterocycles. The third-order valence-electron chi connectivity index (χ3n) is 6.20. The fourth-order valence-corrected chi connectivity index (χ4v) is 4.66. The van der Waals surface area contributed by atoms with E-state index in [1.807, 2.05) is 0 Å². The number of rotatable bonds is 14. The van der Waals surface area contributed by atoms with Crippen LogP contribution in [0.4, 0.5) is 0 Å². The molecule has 2 aromatic carbocycles. The second kappa shape index (κ2) is 13.1. The van der Waals surface area contributed by atoms with Crippen molar-refractivity contribution in [3.8, 4) is 11.5 Å². The van der Waals surface area contributed by atoms with Gasteiger partial charge in [-0.25, -0.2) is 0 Å². The third-order valence-corrected chi connectivity index (χ3v) is 6.64. The number of ether oxygens (including phenoxy) is 5. The monoisotopic (exact) mass is 550 g/mol. The van der Waals surface area contributed by atoms with Crippen LogP contribution in [-0.2, 0) is 14.2 Å². The summed E-state index contributed by atoms with van der Waals surface area (Å²) in [5.74, 6) is 0.403. The van der Waals surface area contributed by atoms with Gasteiger partial charge in [-0.05, 0) is 37.1 Å². The molecule has 0 saturated carbocycles. The zero-order valence-corrected chi connectivity index (χ0v) is 22.7. The first-order valence-electron chi connectivity index (χ1n) is 12.8. The summed E-state index contributed by atoms with van der Waals surface area (Å²) in [6.07, 6.45) is 2.52. The molecular weight excluding hydrogens is 519 g/mol. The molecule has 0 saturated heterocycles. The second-order valence-electron chi connectivity index (χ2n) is 9.06. The molecule has 2 aliphatic rings. The summed E-state index contributed by atoms with van der Waals surface area (Å²) >= 11 is 12.7. The molecule has 2 unspecified atom stereocenters. The molecule has 4 rings (SSSR count). The third kappa shape index (κ3) is 6.65. The van der Waals surface area contributed by atoms with Crippen molar-refractivity contribution in [1.82, 2.24) is 0 Å². The normalized spacial score (nSPS) is 17.4. The van der Waals surface area contributed by atoms with Gasteiger partial charge < -0.3 is 18.9 Å². The molecule has 200 valence electrons. The summed E-state index contributed by atoms with van der Waals surface area (Å²) < 4.78 is 29.4. The molecule has 0 spiro atoms. The van der Waals surface area contributed by atoms with E-state index in [-0.39, 0.29) is 24.4 Å². The average molecular weight is 551 g/mol. The summed E-state index contributed by atoms with van der Waals surface area (Å²) in [5, 5.41) is 0.705. The van der Waals surface area contributed by atoms with Gasteiger partial charge in [-0.15, -0.1) is 0 Å². The Morgan fingerprint density at radius 2 is 1.16 bits per heavy atom. The molecule has 0 N–H and O–H groups in total. The summed E-state index contributed by atoms with van der Waals surface area (Å²) in [7, 11) is 0. The van der Waals surface area contributed by atoms with E-state index in [2.05, 4.69) is 13.8 Å². The zero-order chi connectivity index (χ0) is 26.4. The van der Waals surface area contributed by atoms with Crippen LogP contribution in [0.2, 0.25) is 10.0 Å². The predicted octanol–water partition coefficient (Wildman–Crippen LogP) is 7.27. The Bertz CT molecular complexity index is 1050. The van der Waals surface area contributed by atoms with Crippen LogP contribution in [0.5, 0.6) is 11.5 Å². The highest BCUT2D eigenvalue weighted by Gasteiger charge is 2.41. The summed E-state index contributed by atoms with van der Waals surface area (Å²) in [6, 6.07) is 6.47. The van der Waals surface area contributed by atoms with Crippen LogP contribution in [-0.4, -0.2) is 38.0 Å². The quantitative estimate of drug-likeness (QED) is 0.180. The Kier molecular flexibility index (Phi) is 9.84. The number of fused-ring (bicyclic) bond motifs is 6. The van der Waals surface area contributed by atoms with E-state index in [1.54, 1.807) is 24.3 Å². The molecule has 2 atom stereocenters. The standard InChI is InChI=1S/C28H32Cl2O7/c1-3-5-9-33-11-7-23(31)19-13-17(29)15-21-25(19)35-28-22-16-18(30)14-20(26(22)36-27(21)37-28)24(32)8-12-34-10-6-4-2/h13-16,27-28H,3-12H2,1-2H3. The molecule has 0 fully saturated rings. The van der Waals surface area contributed by atoms with Crippen molar-refractivity contribution in [1.29, 1.82) is 0 Å². The van der Waals surface area contributed by atoms with Crippen LogP contribution in [0.3, 0.4) is 0 Å². The van der Waals surface area contributed by atoms with E-state index < -0.39 is 12.6 Å². The maximum absolute atomic E-state index is 13.1. The molecule has 0 radical (unpaired) electrons. The lowest BCUT2D eigenvalue weighted by Gasteiger charge is -2.39. The number of hydrogen-bond donors (Lipinski definition) is 0. The van der Waals surface area contributed by atoms with Crippen molar-refractivity contribution in [2.75, 3.05) is 26.4 Å². The van der Waals surface area contributed by atoms with Gasteiger partial charge in [0.05, 0.1) is 35.5 Å². The average Bonchev–Trinajstić information content (AvgIpc) is 2.88. The maximum Gasteiger partial charge on any atom is 0.234 e. The minimum atomic E-state index is -0.902. The van der Waals surface area contributed by atoms with Gasteiger partial charge in [0.1, 0.15) is 11.5 Å². The zero-order valence-electron chi connectivity index (χ0n) is 21.1. The van der Waals surface area contributed by atoms with Crippen LogP contribution in [0.15, 0.2) is 24.3 Å². The Balaban J connectivity index is 1.56. The first-order chi connectivity index (χ1) is 17.9. The van der Waals surface area contributed by atoms with Gasteiger partial charge in [0.15, 0.2) is 11.6 Å². The van der Waals surface area contributed by atoms with Crippen LogP contribution < -0.4 is 9.47 Å². The number of benzene rings is 2. The highest BCUT2D eigenvalue weighted by Crippen LogP contribution is 2.51. The molecule has 37 heavy (non-hydrogen) atoms. The van der Waals surface area contributed by atoms with E-state index in [0.29, 0.717) is 70.2 Å².